The fourth-order valence-corrected chi connectivity index (χ4v) is 10.7. The molecular formula is C25H33F2NOSi. The first kappa shape index (κ1) is 22.8. The molecule has 1 heterocycles. The van der Waals surface area contributed by atoms with Crippen LogP contribution in [0, 0.1) is 11.6 Å². The molecule has 0 N–H and O–H groups in total. The van der Waals surface area contributed by atoms with Gasteiger partial charge in [-0.1, -0.05) is 53.7 Å². The zero-order valence-corrected chi connectivity index (χ0v) is 19.9. The van der Waals surface area contributed by atoms with Crippen LogP contribution in [0.4, 0.5) is 8.78 Å². The summed E-state index contributed by atoms with van der Waals surface area (Å²) in [6.07, 6.45) is 5.27. The summed E-state index contributed by atoms with van der Waals surface area (Å²) in [5.74, 6) is -1.64. The van der Waals surface area contributed by atoms with Gasteiger partial charge in [0, 0.05) is 6.20 Å². The van der Waals surface area contributed by atoms with Crippen molar-refractivity contribution in [2.24, 2.45) is 0 Å². The summed E-state index contributed by atoms with van der Waals surface area (Å²) >= 11 is 0. The molecule has 0 amide bonds. The van der Waals surface area contributed by atoms with E-state index in [1.165, 1.54) is 12.1 Å². The predicted molar refractivity (Wildman–Crippen MR) is 123 cm³/mol. The molecule has 0 saturated heterocycles. The Bertz CT molecular complexity index is 901. The van der Waals surface area contributed by atoms with Crippen LogP contribution < -0.4 is 0 Å². The number of hydrogen-bond acceptors (Lipinski definition) is 2. The fourth-order valence-electron chi connectivity index (χ4n) is 5.20. The van der Waals surface area contributed by atoms with Crippen LogP contribution in [0.1, 0.15) is 77.3 Å². The van der Waals surface area contributed by atoms with Gasteiger partial charge in [0.1, 0.15) is 0 Å². The molecule has 2 aromatic rings. The Morgan fingerprint density at radius 2 is 1.63 bits per heavy atom. The van der Waals surface area contributed by atoms with Gasteiger partial charge in [0.15, 0.2) is 11.6 Å². The lowest BCUT2D eigenvalue weighted by atomic mass is 10.0. The smallest absolute Gasteiger partial charge is 0.201 e. The Hall–Kier alpha value is -1.85. The van der Waals surface area contributed by atoms with E-state index in [4.69, 9.17) is 9.41 Å². The molecule has 1 aromatic heterocycles. The van der Waals surface area contributed by atoms with E-state index < -0.39 is 20.0 Å². The molecule has 0 aliphatic heterocycles. The second kappa shape index (κ2) is 9.11. The first-order chi connectivity index (χ1) is 14.2. The van der Waals surface area contributed by atoms with Crippen LogP contribution >= 0.6 is 0 Å². The summed E-state index contributed by atoms with van der Waals surface area (Å²) in [6.45, 7) is 13.7. The number of hydrogen-bond donors (Lipinski definition) is 0. The highest BCUT2D eigenvalue weighted by Crippen LogP contribution is 2.47. The monoisotopic (exact) mass is 429 g/mol. The van der Waals surface area contributed by atoms with Crippen molar-refractivity contribution in [3.05, 3.63) is 65.0 Å². The Labute approximate surface area is 180 Å². The van der Waals surface area contributed by atoms with E-state index in [9.17, 15) is 8.78 Å². The molecule has 1 aliphatic rings. The molecule has 2 nitrogen and oxygen atoms in total. The highest BCUT2D eigenvalue weighted by atomic mass is 28.4. The largest absolute Gasteiger partial charge is 0.408 e. The molecule has 0 fully saturated rings. The van der Waals surface area contributed by atoms with Gasteiger partial charge < -0.3 is 4.43 Å². The predicted octanol–water partition coefficient (Wildman–Crippen LogP) is 7.93. The van der Waals surface area contributed by atoms with Crippen molar-refractivity contribution in [2.75, 3.05) is 0 Å². The molecule has 0 radical (unpaired) electrons. The number of rotatable bonds is 6. The van der Waals surface area contributed by atoms with Gasteiger partial charge in [-0.15, -0.1) is 0 Å². The molecule has 3 rings (SSSR count). The van der Waals surface area contributed by atoms with Crippen LogP contribution in [-0.2, 0) is 4.43 Å². The number of nitrogens with zero attached hydrogens (tertiary/aromatic N) is 1. The van der Waals surface area contributed by atoms with Crippen LogP contribution in [0.3, 0.4) is 0 Å². The summed E-state index contributed by atoms with van der Waals surface area (Å²) in [7, 11) is -2.10. The summed E-state index contributed by atoms with van der Waals surface area (Å²) in [4.78, 5) is 4.70. The topological polar surface area (TPSA) is 22.1 Å². The van der Waals surface area contributed by atoms with Gasteiger partial charge in [-0.2, -0.15) is 0 Å². The molecular weight excluding hydrogens is 396 g/mol. The Balaban J connectivity index is 2.01. The highest BCUT2D eigenvalue weighted by molar-refractivity contribution is 6.77. The minimum Gasteiger partial charge on any atom is -0.408 e. The first-order valence-corrected chi connectivity index (χ1v) is 13.1. The molecule has 1 unspecified atom stereocenters. The molecule has 1 aromatic carbocycles. The maximum Gasteiger partial charge on any atom is 0.201 e. The number of aromatic nitrogens is 1. The van der Waals surface area contributed by atoms with Crippen molar-refractivity contribution in [3.8, 4) is 0 Å². The Morgan fingerprint density at radius 3 is 2.23 bits per heavy atom. The quantitative estimate of drug-likeness (QED) is 0.435. The normalized spacial score (nSPS) is 17.3. The summed E-state index contributed by atoms with van der Waals surface area (Å²) < 4.78 is 34.4. The summed E-state index contributed by atoms with van der Waals surface area (Å²) in [6, 6.07) is 8.08. The molecule has 0 bridgehead atoms. The average molecular weight is 430 g/mol. The third kappa shape index (κ3) is 4.28. The zero-order valence-electron chi connectivity index (χ0n) is 18.9. The van der Waals surface area contributed by atoms with Crippen LogP contribution in [0.2, 0.25) is 16.6 Å². The van der Waals surface area contributed by atoms with Gasteiger partial charge in [0.05, 0.1) is 11.8 Å². The molecule has 5 heteroatoms. The SMILES string of the molecule is CC(C)[Si](OC1CCC(c2ccc(F)c(F)c2)=Cc2cccnc21)(C(C)C)C(C)C. The van der Waals surface area contributed by atoms with Crippen molar-refractivity contribution in [1.29, 1.82) is 0 Å². The highest BCUT2D eigenvalue weighted by Gasteiger charge is 2.47. The standard InChI is InChI=1S/C25H33F2NOSi/c1-16(2)30(17(3)4,18(5)6)29-24-12-10-19(14-21-8-7-13-28-25(21)24)20-9-11-22(26)23(27)15-20/h7-9,11,13-18,24H,10,12H2,1-6H3. The van der Waals surface area contributed by atoms with Gasteiger partial charge in [-0.25, -0.2) is 8.78 Å². The molecule has 30 heavy (non-hydrogen) atoms. The molecule has 1 atom stereocenters. The third-order valence-corrected chi connectivity index (χ3v) is 12.6. The number of allylic oxidation sites excluding steroid dienone is 1. The van der Waals surface area contributed by atoms with E-state index in [-0.39, 0.29) is 6.10 Å². The van der Waals surface area contributed by atoms with Gasteiger partial charge in [-0.3, -0.25) is 4.98 Å². The minimum absolute atomic E-state index is 0.0980. The Kier molecular flexibility index (Phi) is 6.93. The van der Waals surface area contributed by atoms with Crippen LogP contribution in [0.5, 0.6) is 0 Å². The Morgan fingerprint density at radius 1 is 0.967 bits per heavy atom. The maximum atomic E-state index is 13.9. The lowest BCUT2D eigenvalue weighted by Crippen LogP contribution is -2.48. The lowest BCUT2D eigenvalue weighted by Gasteiger charge is -2.44. The van der Waals surface area contributed by atoms with Gasteiger partial charge >= 0.3 is 0 Å². The minimum atomic E-state index is -2.10. The van der Waals surface area contributed by atoms with Crippen molar-refractivity contribution in [3.63, 3.8) is 0 Å². The first-order valence-electron chi connectivity index (χ1n) is 11.0. The van der Waals surface area contributed by atoms with Crippen LogP contribution in [0.25, 0.3) is 11.6 Å². The van der Waals surface area contributed by atoms with Crippen molar-refractivity contribution in [2.45, 2.75) is 77.1 Å². The van der Waals surface area contributed by atoms with Gasteiger partial charge in [0.2, 0.25) is 8.32 Å². The summed E-state index contributed by atoms with van der Waals surface area (Å²) in [5.41, 5.74) is 5.09. The maximum absolute atomic E-state index is 13.9. The molecule has 162 valence electrons. The second-order valence-corrected chi connectivity index (χ2v) is 14.6. The van der Waals surface area contributed by atoms with Crippen molar-refractivity contribution < 1.29 is 13.2 Å². The van der Waals surface area contributed by atoms with E-state index in [0.717, 1.165) is 29.7 Å². The number of pyridine rings is 1. The molecule has 0 saturated carbocycles. The summed E-state index contributed by atoms with van der Waals surface area (Å²) in [5, 5.41) is 0. The molecule has 0 spiro atoms. The van der Waals surface area contributed by atoms with Crippen molar-refractivity contribution in [1.82, 2.24) is 4.98 Å². The van der Waals surface area contributed by atoms with Gasteiger partial charge in [0.25, 0.3) is 0 Å². The van der Waals surface area contributed by atoms with E-state index in [2.05, 4.69) is 47.6 Å². The zero-order chi connectivity index (χ0) is 22.1. The number of benzene rings is 1. The van der Waals surface area contributed by atoms with Crippen LogP contribution in [-0.4, -0.2) is 13.3 Å². The third-order valence-electron chi connectivity index (χ3n) is 6.53. The number of fused-ring (bicyclic) bond motifs is 1. The van der Waals surface area contributed by atoms with E-state index in [1.54, 1.807) is 6.07 Å². The average Bonchev–Trinajstić information content (AvgIpc) is 2.87. The lowest BCUT2D eigenvalue weighted by molar-refractivity contribution is 0.164. The molecule has 1 aliphatic carbocycles. The van der Waals surface area contributed by atoms with E-state index >= 15 is 0 Å². The van der Waals surface area contributed by atoms with Gasteiger partial charge in [-0.05, 0) is 70.4 Å². The fraction of sp³-hybridized carbons (Fsp3) is 0.480. The van der Waals surface area contributed by atoms with E-state index in [1.807, 2.05) is 18.3 Å². The van der Waals surface area contributed by atoms with Crippen LogP contribution in [0.15, 0.2) is 36.5 Å². The van der Waals surface area contributed by atoms with Crippen molar-refractivity contribution >= 4 is 20.0 Å². The van der Waals surface area contributed by atoms with E-state index in [0.29, 0.717) is 22.2 Å². The second-order valence-electron chi connectivity index (χ2n) is 9.24. The number of halogens is 2.